The molecule has 114 valence electrons. The molecule has 0 radical (unpaired) electrons. The number of hydrogen-bond acceptors (Lipinski definition) is 5. The third kappa shape index (κ3) is 1.46. The molecule has 2 bridgehead atoms. The smallest absolute Gasteiger partial charge is 0.293 e. The fraction of sp³-hybridized carbons (Fsp3) is 0.923. The average molecular weight is 303 g/mol. The number of carbonyl (C=O) groups excluding carboxylic acids is 1. The molecule has 4 atom stereocenters. The molecule has 1 aliphatic heterocycles. The van der Waals surface area contributed by atoms with Gasteiger partial charge in [-0.1, -0.05) is 13.8 Å². The Morgan fingerprint density at radius 3 is 2.65 bits per heavy atom. The van der Waals surface area contributed by atoms with Gasteiger partial charge in [0.2, 0.25) is 16.3 Å². The molecule has 1 unspecified atom stereocenters. The molecule has 0 aromatic heterocycles. The molecule has 1 heterocycles. The molecule has 0 aromatic carbocycles. The molecule has 2 saturated carbocycles. The van der Waals surface area contributed by atoms with Gasteiger partial charge in [0.25, 0.3) is 5.91 Å². The number of aliphatic hydroxyl groups is 1. The Morgan fingerprint density at radius 2 is 2.10 bits per heavy atom. The van der Waals surface area contributed by atoms with E-state index in [1.54, 1.807) is 0 Å². The van der Waals surface area contributed by atoms with Gasteiger partial charge in [-0.15, -0.1) is 0 Å². The molecular formula is C13H21NO5S. The van der Waals surface area contributed by atoms with Crippen molar-refractivity contribution in [3.05, 3.63) is 0 Å². The van der Waals surface area contributed by atoms with E-state index in [2.05, 4.69) is 18.6 Å². The SMILES string of the molecule is COC(O)C(=O)N1[C@@H]2C[C@H]3CC[C@]2(CS1(=O)=O)C3(C)C. The van der Waals surface area contributed by atoms with E-state index in [-0.39, 0.29) is 22.6 Å². The van der Waals surface area contributed by atoms with E-state index in [0.29, 0.717) is 12.3 Å². The first-order valence-corrected chi connectivity index (χ1v) is 8.55. The Bertz CT molecular complexity index is 557. The maximum absolute atomic E-state index is 12.4. The molecule has 2 aliphatic carbocycles. The molecular weight excluding hydrogens is 282 g/mol. The van der Waals surface area contributed by atoms with E-state index in [9.17, 15) is 18.3 Å². The van der Waals surface area contributed by atoms with Crippen molar-refractivity contribution < 1.29 is 23.1 Å². The minimum absolute atomic E-state index is 0.0103. The number of sulfonamides is 1. The number of hydrogen-bond donors (Lipinski definition) is 1. The number of amides is 1. The summed E-state index contributed by atoms with van der Waals surface area (Å²) in [4.78, 5) is 12.2. The summed E-state index contributed by atoms with van der Waals surface area (Å²) in [6.07, 6.45) is 0.853. The van der Waals surface area contributed by atoms with E-state index in [4.69, 9.17) is 0 Å². The fourth-order valence-electron chi connectivity index (χ4n) is 4.79. The number of aliphatic hydroxyl groups excluding tert-OH is 1. The summed E-state index contributed by atoms with van der Waals surface area (Å²) >= 11 is 0. The van der Waals surface area contributed by atoms with Crippen molar-refractivity contribution in [3.8, 4) is 0 Å². The maximum Gasteiger partial charge on any atom is 0.293 e. The van der Waals surface area contributed by atoms with Crippen molar-refractivity contribution in [2.45, 2.75) is 45.4 Å². The molecule has 3 fully saturated rings. The highest BCUT2D eigenvalue weighted by Crippen LogP contribution is 2.69. The monoisotopic (exact) mass is 303 g/mol. The van der Waals surface area contributed by atoms with E-state index in [0.717, 1.165) is 17.1 Å². The predicted octanol–water partition coefficient (Wildman–Crippen LogP) is 0.318. The molecule has 6 nitrogen and oxygen atoms in total. The summed E-state index contributed by atoms with van der Waals surface area (Å²) in [7, 11) is -2.49. The van der Waals surface area contributed by atoms with Gasteiger partial charge in [0, 0.05) is 12.5 Å². The quantitative estimate of drug-likeness (QED) is 0.743. The van der Waals surface area contributed by atoms with Gasteiger partial charge in [0.1, 0.15) is 0 Å². The lowest BCUT2D eigenvalue weighted by molar-refractivity contribution is -0.161. The summed E-state index contributed by atoms with van der Waals surface area (Å²) in [5.74, 6) is -0.396. The van der Waals surface area contributed by atoms with Crippen molar-refractivity contribution in [2.75, 3.05) is 12.9 Å². The molecule has 0 aromatic rings. The van der Waals surface area contributed by atoms with Crippen LogP contribution in [-0.2, 0) is 19.6 Å². The Kier molecular flexibility index (Phi) is 2.82. The molecule has 3 rings (SSSR count). The zero-order valence-corrected chi connectivity index (χ0v) is 12.8. The first-order chi connectivity index (χ1) is 9.17. The van der Waals surface area contributed by atoms with Crippen molar-refractivity contribution >= 4 is 15.9 Å². The van der Waals surface area contributed by atoms with Crippen LogP contribution in [0.3, 0.4) is 0 Å². The minimum atomic E-state index is -3.67. The van der Waals surface area contributed by atoms with Gasteiger partial charge in [0.15, 0.2) is 0 Å². The third-order valence-corrected chi connectivity index (χ3v) is 7.98. The highest BCUT2D eigenvalue weighted by molar-refractivity contribution is 7.90. The highest BCUT2D eigenvalue weighted by Gasteiger charge is 2.72. The topological polar surface area (TPSA) is 83.9 Å². The number of nitrogens with zero attached hydrogens (tertiary/aromatic N) is 1. The second-order valence-electron chi connectivity index (χ2n) is 6.84. The zero-order valence-electron chi connectivity index (χ0n) is 12.0. The highest BCUT2D eigenvalue weighted by atomic mass is 32.2. The zero-order chi connectivity index (χ0) is 14.9. The van der Waals surface area contributed by atoms with Crippen LogP contribution in [-0.4, -0.2) is 48.9 Å². The molecule has 20 heavy (non-hydrogen) atoms. The number of ether oxygens (including phenoxy) is 1. The van der Waals surface area contributed by atoms with Crippen LogP contribution in [0.25, 0.3) is 0 Å². The van der Waals surface area contributed by atoms with Gasteiger partial charge in [0.05, 0.1) is 11.8 Å². The molecule has 1 amide bonds. The summed E-state index contributed by atoms with van der Waals surface area (Å²) in [6.45, 7) is 4.22. The summed E-state index contributed by atoms with van der Waals surface area (Å²) in [6, 6.07) is -0.321. The summed E-state index contributed by atoms with van der Waals surface area (Å²) < 4.78 is 30.4. The number of methoxy groups -OCH3 is 1. The lowest BCUT2D eigenvalue weighted by Gasteiger charge is -2.37. The Balaban J connectivity index is 2.05. The lowest BCUT2D eigenvalue weighted by atomic mass is 9.69. The van der Waals surface area contributed by atoms with E-state index in [1.807, 2.05) is 0 Å². The van der Waals surface area contributed by atoms with Gasteiger partial charge in [-0.25, -0.2) is 12.7 Å². The third-order valence-electron chi connectivity index (χ3n) is 6.06. The average Bonchev–Trinajstić information content (AvgIpc) is 2.83. The van der Waals surface area contributed by atoms with Crippen LogP contribution in [0, 0.1) is 16.7 Å². The van der Waals surface area contributed by atoms with Crippen LogP contribution in [0.4, 0.5) is 0 Å². The fourth-order valence-corrected chi connectivity index (χ4v) is 7.33. The number of fused-ring (bicyclic) bond motifs is 1. The predicted molar refractivity (Wildman–Crippen MR) is 71.0 cm³/mol. The summed E-state index contributed by atoms with van der Waals surface area (Å²) in [5.41, 5.74) is -0.447. The molecule has 1 N–H and O–H groups in total. The summed E-state index contributed by atoms with van der Waals surface area (Å²) in [5, 5.41) is 9.56. The molecule has 7 heteroatoms. The van der Waals surface area contributed by atoms with Crippen LogP contribution < -0.4 is 0 Å². The standard InChI is InChI=1S/C13H21NO5S/c1-12(2)8-4-5-13(12)7-20(17,18)14(9(13)6-8)10(15)11(16)19-3/h8-9,11,16H,4-7H2,1-3H3/t8-,9-,11?,13-/m1/s1. The Morgan fingerprint density at radius 1 is 1.45 bits per heavy atom. The van der Waals surface area contributed by atoms with Crippen LogP contribution in [0.1, 0.15) is 33.1 Å². The molecule has 1 saturated heterocycles. The second kappa shape index (κ2) is 3.96. The minimum Gasteiger partial charge on any atom is -0.360 e. The van der Waals surface area contributed by atoms with Gasteiger partial charge >= 0.3 is 0 Å². The Labute approximate surface area is 119 Å². The number of carbonyl (C=O) groups is 1. The first kappa shape index (κ1) is 14.3. The Hall–Kier alpha value is -0.660. The van der Waals surface area contributed by atoms with Crippen molar-refractivity contribution in [1.29, 1.82) is 0 Å². The molecule has 3 aliphatic rings. The van der Waals surface area contributed by atoms with Gasteiger partial charge in [-0.05, 0) is 30.6 Å². The number of rotatable bonds is 2. The van der Waals surface area contributed by atoms with Gasteiger partial charge in [-0.2, -0.15) is 0 Å². The van der Waals surface area contributed by atoms with Crippen molar-refractivity contribution in [2.24, 2.45) is 16.7 Å². The van der Waals surface area contributed by atoms with Crippen molar-refractivity contribution in [1.82, 2.24) is 4.31 Å². The van der Waals surface area contributed by atoms with E-state index >= 15 is 0 Å². The van der Waals surface area contributed by atoms with Gasteiger partial charge in [-0.3, -0.25) is 4.79 Å². The maximum atomic E-state index is 12.4. The normalized spacial score (nSPS) is 41.7. The lowest BCUT2D eigenvalue weighted by Crippen LogP contribution is -2.48. The van der Waals surface area contributed by atoms with Crippen LogP contribution in [0.2, 0.25) is 0 Å². The van der Waals surface area contributed by atoms with Crippen LogP contribution >= 0.6 is 0 Å². The van der Waals surface area contributed by atoms with E-state index in [1.165, 1.54) is 7.11 Å². The first-order valence-electron chi connectivity index (χ1n) is 6.94. The van der Waals surface area contributed by atoms with Crippen molar-refractivity contribution in [3.63, 3.8) is 0 Å². The second-order valence-corrected chi connectivity index (χ2v) is 8.69. The van der Waals surface area contributed by atoms with Crippen LogP contribution in [0.5, 0.6) is 0 Å². The largest absolute Gasteiger partial charge is 0.360 e. The van der Waals surface area contributed by atoms with E-state index < -0.39 is 22.2 Å². The van der Waals surface area contributed by atoms with Gasteiger partial charge < -0.3 is 9.84 Å². The van der Waals surface area contributed by atoms with Crippen LogP contribution in [0.15, 0.2) is 0 Å². The molecule has 1 spiro atoms.